The molecule has 0 saturated carbocycles. The maximum Gasteiger partial charge on any atom is 0.107 e. The van der Waals surface area contributed by atoms with Gasteiger partial charge in [-0.3, -0.25) is 0 Å². The molecule has 1 heterocycles. The van der Waals surface area contributed by atoms with Gasteiger partial charge in [-0.2, -0.15) is 0 Å². The van der Waals surface area contributed by atoms with E-state index in [2.05, 4.69) is 45.8 Å². The molecule has 1 fully saturated rings. The minimum absolute atomic E-state index is 0.448. The molecule has 1 atom stereocenters. The molecule has 1 unspecified atom stereocenters. The molecular weight excluding hydrogens is 310 g/mol. The Labute approximate surface area is 122 Å². The molecule has 0 bridgehead atoms. The van der Waals surface area contributed by atoms with Crippen LogP contribution in [0.15, 0.2) is 22.7 Å². The van der Waals surface area contributed by atoms with Crippen LogP contribution < -0.4 is 10.6 Å². The van der Waals surface area contributed by atoms with Gasteiger partial charge in [0, 0.05) is 41.4 Å². The standard InChI is InChI=1S/C13H18BrN3S/c1-9-8-17(7-6-16(9)2)11-5-3-4-10(14)12(11)13(15)18/h3-5,9H,6-8H2,1-2H3,(H2,15,18). The number of nitrogens with two attached hydrogens (primary N) is 1. The van der Waals surface area contributed by atoms with Gasteiger partial charge in [-0.25, -0.2) is 0 Å². The van der Waals surface area contributed by atoms with Crippen LogP contribution in [0, 0.1) is 0 Å². The first-order chi connectivity index (χ1) is 8.50. The number of rotatable bonds is 2. The zero-order valence-electron chi connectivity index (χ0n) is 10.7. The number of likely N-dealkylation sites (N-methyl/N-ethyl adjacent to an activating group) is 1. The lowest BCUT2D eigenvalue weighted by Crippen LogP contribution is -2.50. The molecule has 0 aliphatic carbocycles. The van der Waals surface area contributed by atoms with Gasteiger partial charge in [0.05, 0.1) is 0 Å². The van der Waals surface area contributed by atoms with Crippen LogP contribution >= 0.6 is 28.1 Å². The maximum atomic E-state index is 5.85. The Bertz CT molecular complexity index is 464. The zero-order chi connectivity index (χ0) is 13.3. The van der Waals surface area contributed by atoms with Crippen LogP contribution in [0.5, 0.6) is 0 Å². The van der Waals surface area contributed by atoms with Crippen LogP contribution in [0.1, 0.15) is 12.5 Å². The summed E-state index contributed by atoms with van der Waals surface area (Å²) in [6, 6.07) is 6.65. The molecule has 0 spiro atoms. The summed E-state index contributed by atoms with van der Waals surface area (Å²) in [5.74, 6) is 0. The number of anilines is 1. The van der Waals surface area contributed by atoms with Crippen LogP contribution in [-0.2, 0) is 0 Å². The summed E-state index contributed by atoms with van der Waals surface area (Å²) >= 11 is 8.71. The predicted molar refractivity (Wildman–Crippen MR) is 84.3 cm³/mol. The molecule has 0 aromatic heterocycles. The predicted octanol–water partition coefficient (Wildman–Crippen LogP) is 2.22. The van der Waals surface area contributed by atoms with Crippen molar-refractivity contribution in [3.8, 4) is 0 Å². The Kier molecular flexibility index (Phi) is 4.25. The molecule has 98 valence electrons. The van der Waals surface area contributed by atoms with Gasteiger partial charge in [0.1, 0.15) is 4.99 Å². The fourth-order valence-corrected chi connectivity index (χ4v) is 3.20. The normalized spacial score (nSPS) is 21.1. The summed E-state index contributed by atoms with van der Waals surface area (Å²) in [5, 5.41) is 0. The van der Waals surface area contributed by atoms with Gasteiger partial charge in [-0.15, -0.1) is 0 Å². The van der Waals surface area contributed by atoms with Crippen molar-refractivity contribution in [3.63, 3.8) is 0 Å². The Morgan fingerprint density at radius 1 is 1.44 bits per heavy atom. The molecule has 1 aromatic rings. The summed E-state index contributed by atoms with van der Waals surface area (Å²) < 4.78 is 0.971. The van der Waals surface area contributed by atoms with Crippen molar-refractivity contribution in [1.29, 1.82) is 0 Å². The molecular formula is C13H18BrN3S. The maximum absolute atomic E-state index is 5.85. The summed E-state index contributed by atoms with van der Waals surface area (Å²) in [4.78, 5) is 5.18. The lowest BCUT2D eigenvalue weighted by atomic mass is 10.1. The molecule has 1 saturated heterocycles. The molecule has 0 amide bonds. The number of thiocarbonyl (C=S) groups is 1. The molecule has 5 heteroatoms. The monoisotopic (exact) mass is 327 g/mol. The van der Waals surface area contributed by atoms with E-state index in [4.69, 9.17) is 18.0 Å². The van der Waals surface area contributed by atoms with Gasteiger partial charge in [-0.05, 0) is 42.0 Å². The number of nitrogens with zero attached hydrogens (tertiary/aromatic N) is 2. The van der Waals surface area contributed by atoms with Gasteiger partial charge < -0.3 is 15.5 Å². The Morgan fingerprint density at radius 2 is 2.17 bits per heavy atom. The van der Waals surface area contributed by atoms with Crippen LogP contribution in [0.3, 0.4) is 0 Å². The highest BCUT2D eigenvalue weighted by molar-refractivity contribution is 9.10. The number of hydrogen-bond donors (Lipinski definition) is 1. The first-order valence-electron chi connectivity index (χ1n) is 6.04. The van der Waals surface area contributed by atoms with E-state index in [1.54, 1.807) is 0 Å². The number of benzene rings is 1. The van der Waals surface area contributed by atoms with E-state index in [-0.39, 0.29) is 0 Å². The largest absolute Gasteiger partial charge is 0.389 e. The van der Waals surface area contributed by atoms with Crippen LogP contribution in [-0.4, -0.2) is 42.6 Å². The second-order valence-electron chi connectivity index (χ2n) is 4.77. The van der Waals surface area contributed by atoms with Gasteiger partial charge in [0.25, 0.3) is 0 Å². The van der Waals surface area contributed by atoms with E-state index >= 15 is 0 Å². The molecule has 3 nitrogen and oxygen atoms in total. The topological polar surface area (TPSA) is 32.5 Å². The highest BCUT2D eigenvalue weighted by Gasteiger charge is 2.23. The van der Waals surface area contributed by atoms with Gasteiger partial charge in [-0.1, -0.05) is 18.3 Å². The lowest BCUT2D eigenvalue weighted by molar-refractivity contribution is 0.234. The molecule has 1 aromatic carbocycles. The van der Waals surface area contributed by atoms with Crippen molar-refractivity contribution in [2.24, 2.45) is 5.73 Å². The highest BCUT2D eigenvalue weighted by Crippen LogP contribution is 2.29. The molecule has 2 rings (SSSR count). The van der Waals surface area contributed by atoms with Crippen molar-refractivity contribution in [2.75, 3.05) is 31.6 Å². The lowest BCUT2D eigenvalue weighted by Gasteiger charge is -2.39. The van der Waals surface area contributed by atoms with E-state index in [1.165, 1.54) is 0 Å². The molecule has 1 aliphatic rings. The van der Waals surface area contributed by atoms with Crippen molar-refractivity contribution in [2.45, 2.75) is 13.0 Å². The van der Waals surface area contributed by atoms with Crippen molar-refractivity contribution >= 4 is 38.8 Å². The van der Waals surface area contributed by atoms with Crippen molar-refractivity contribution in [1.82, 2.24) is 4.90 Å². The fraction of sp³-hybridized carbons (Fsp3) is 0.462. The van der Waals surface area contributed by atoms with E-state index in [0.717, 1.165) is 35.4 Å². The van der Waals surface area contributed by atoms with Crippen LogP contribution in [0.2, 0.25) is 0 Å². The second-order valence-corrected chi connectivity index (χ2v) is 6.07. The molecule has 1 aliphatic heterocycles. The number of halogens is 1. The average Bonchev–Trinajstić information content (AvgIpc) is 2.32. The first-order valence-corrected chi connectivity index (χ1v) is 7.24. The summed E-state index contributed by atoms with van der Waals surface area (Å²) in [7, 11) is 2.16. The van der Waals surface area contributed by atoms with Gasteiger partial charge in [0.15, 0.2) is 0 Å². The zero-order valence-corrected chi connectivity index (χ0v) is 13.1. The van der Waals surface area contributed by atoms with Crippen molar-refractivity contribution < 1.29 is 0 Å². The number of piperazine rings is 1. The minimum atomic E-state index is 0.448. The Morgan fingerprint density at radius 3 is 2.78 bits per heavy atom. The first kappa shape index (κ1) is 13.8. The smallest absolute Gasteiger partial charge is 0.107 e. The van der Waals surface area contributed by atoms with E-state index in [1.807, 2.05) is 12.1 Å². The second kappa shape index (κ2) is 5.55. The van der Waals surface area contributed by atoms with Crippen molar-refractivity contribution in [3.05, 3.63) is 28.2 Å². The Balaban J connectivity index is 2.34. The van der Waals surface area contributed by atoms with E-state index in [0.29, 0.717) is 11.0 Å². The SMILES string of the molecule is CC1CN(c2cccc(Br)c2C(N)=S)CCN1C. The minimum Gasteiger partial charge on any atom is -0.389 e. The van der Waals surface area contributed by atoms with E-state index < -0.39 is 0 Å². The summed E-state index contributed by atoms with van der Waals surface area (Å²) in [6.45, 7) is 5.31. The average molecular weight is 328 g/mol. The third-order valence-electron chi connectivity index (χ3n) is 3.54. The third kappa shape index (κ3) is 2.68. The summed E-state index contributed by atoms with van der Waals surface area (Å²) in [6.07, 6.45) is 0. The third-order valence-corrected chi connectivity index (χ3v) is 4.40. The molecule has 2 N–H and O–H groups in total. The summed E-state index contributed by atoms with van der Waals surface area (Å²) in [5.41, 5.74) is 7.93. The van der Waals surface area contributed by atoms with E-state index in [9.17, 15) is 0 Å². The van der Waals surface area contributed by atoms with Gasteiger partial charge >= 0.3 is 0 Å². The Hall–Kier alpha value is -0.650. The van der Waals surface area contributed by atoms with Gasteiger partial charge in [0.2, 0.25) is 0 Å². The molecule has 0 radical (unpaired) electrons. The molecule has 18 heavy (non-hydrogen) atoms. The van der Waals surface area contributed by atoms with Crippen LogP contribution in [0.4, 0.5) is 5.69 Å². The number of hydrogen-bond acceptors (Lipinski definition) is 3. The van der Waals surface area contributed by atoms with Crippen LogP contribution in [0.25, 0.3) is 0 Å². The fourth-order valence-electron chi connectivity index (χ4n) is 2.29. The quantitative estimate of drug-likeness (QED) is 0.844. The highest BCUT2D eigenvalue weighted by atomic mass is 79.9.